The normalized spacial score (nSPS) is 20.3. The molecule has 2 saturated heterocycles. The van der Waals surface area contributed by atoms with Crippen LogP contribution in [0.1, 0.15) is 24.8 Å². The van der Waals surface area contributed by atoms with Gasteiger partial charge in [-0.25, -0.2) is 14.4 Å². The number of fused-ring (bicyclic) bond motifs is 1. The molecule has 3 aromatic rings. The number of halogens is 3. The fourth-order valence-corrected chi connectivity index (χ4v) is 5.36. The molecule has 35 heavy (non-hydrogen) atoms. The van der Waals surface area contributed by atoms with E-state index in [1.54, 1.807) is 24.3 Å². The van der Waals surface area contributed by atoms with E-state index in [1.807, 2.05) is 4.90 Å². The van der Waals surface area contributed by atoms with Gasteiger partial charge in [-0.15, -0.1) is 0 Å². The van der Waals surface area contributed by atoms with Gasteiger partial charge < -0.3 is 15.3 Å². The van der Waals surface area contributed by atoms with E-state index in [1.165, 1.54) is 18.5 Å². The zero-order chi connectivity index (χ0) is 24.6. The zero-order valence-electron chi connectivity index (χ0n) is 19.1. The van der Waals surface area contributed by atoms with Crippen molar-refractivity contribution in [2.24, 2.45) is 0 Å². The van der Waals surface area contributed by atoms with Gasteiger partial charge >= 0.3 is 0 Å². The molecule has 2 aliphatic heterocycles. The third kappa shape index (κ3) is 5.07. The van der Waals surface area contributed by atoms with E-state index in [2.05, 4.69) is 20.2 Å². The first-order valence-corrected chi connectivity index (χ1v) is 12.4. The van der Waals surface area contributed by atoms with Gasteiger partial charge in [-0.05, 0) is 49.1 Å². The van der Waals surface area contributed by atoms with Gasteiger partial charge in [-0.1, -0.05) is 35.3 Å². The number of rotatable bonds is 5. The monoisotopic (exact) mass is 517 g/mol. The van der Waals surface area contributed by atoms with Crippen LogP contribution in [0.2, 0.25) is 10.0 Å². The summed E-state index contributed by atoms with van der Waals surface area (Å²) in [6.45, 7) is 2.92. The number of likely N-dealkylation sites (tertiary alicyclic amines) is 2. The van der Waals surface area contributed by atoms with Crippen molar-refractivity contribution in [2.75, 3.05) is 38.0 Å². The van der Waals surface area contributed by atoms with Crippen molar-refractivity contribution in [3.8, 4) is 0 Å². The minimum atomic E-state index is -0.935. The van der Waals surface area contributed by atoms with Gasteiger partial charge in [-0.3, -0.25) is 9.69 Å². The van der Waals surface area contributed by atoms with E-state index in [0.717, 1.165) is 25.1 Å². The Morgan fingerprint density at radius 1 is 1.11 bits per heavy atom. The molecule has 3 heterocycles. The van der Waals surface area contributed by atoms with Crippen molar-refractivity contribution in [3.05, 3.63) is 64.2 Å². The van der Waals surface area contributed by atoms with Crippen molar-refractivity contribution < 1.29 is 14.3 Å². The van der Waals surface area contributed by atoms with Gasteiger partial charge in [0.1, 0.15) is 18.0 Å². The minimum Gasteiger partial charge on any atom is -0.385 e. The molecule has 0 bridgehead atoms. The van der Waals surface area contributed by atoms with Crippen molar-refractivity contribution in [1.82, 2.24) is 19.8 Å². The highest BCUT2D eigenvalue weighted by Gasteiger charge is 2.38. The van der Waals surface area contributed by atoms with Gasteiger partial charge in [-0.2, -0.15) is 0 Å². The molecule has 2 aromatic carbocycles. The van der Waals surface area contributed by atoms with E-state index < -0.39 is 5.60 Å². The fourth-order valence-electron chi connectivity index (χ4n) is 5.04. The molecular weight excluding hydrogens is 492 g/mol. The van der Waals surface area contributed by atoms with Crippen molar-refractivity contribution in [2.45, 2.75) is 30.9 Å². The Bertz CT molecular complexity index is 1230. The van der Waals surface area contributed by atoms with Gasteiger partial charge in [0.15, 0.2) is 0 Å². The number of anilines is 1. The van der Waals surface area contributed by atoms with Crippen molar-refractivity contribution >= 4 is 45.8 Å². The van der Waals surface area contributed by atoms with Gasteiger partial charge in [0, 0.05) is 37.6 Å². The van der Waals surface area contributed by atoms with E-state index in [9.17, 15) is 14.3 Å². The summed E-state index contributed by atoms with van der Waals surface area (Å²) in [5.74, 6) is 0.231. The highest BCUT2D eigenvalue weighted by atomic mass is 35.5. The van der Waals surface area contributed by atoms with Crippen LogP contribution in [-0.2, 0) is 10.4 Å². The number of hydrogen-bond donors (Lipinski definition) is 2. The van der Waals surface area contributed by atoms with E-state index in [-0.39, 0.29) is 24.3 Å². The van der Waals surface area contributed by atoms with Crippen LogP contribution in [0.25, 0.3) is 10.9 Å². The number of nitrogens with one attached hydrogen (secondary N) is 1. The van der Waals surface area contributed by atoms with Gasteiger partial charge in [0.05, 0.1) is 27.7 Å². The molecular formula is C25H26Cl2FN5O2. The molecule has 0 aliphatic carbocycles. The molecule has 1 amide bonds. The fraction of sp³-hybridized carbons (Fsp3) is 0.400. The number of nitrogens with zero attached hydrogens (tertiary/aromatic N) is 4. The summed E-state index contributed by atoms with van der Waals surface area (Å²) in [6.07, 6.45) is 3.48. The molecule has 1 aromatic heterocycles. The second kappa shape index (κ2) is 9.85. The average Bonchev–Trinajstić information content (AvgIpc) is 3.34. The molecule has 0 saturated carbocycles. The van der Waals surface area contributed by atoms with Crippen molar-refractivity contribution in [1.29, 1.82) is 0 Å². The van der Waals surface area contributed by atoms with E-state index >= 15 is 0 Å². The Morgan fingerprint density at radius 2 is 1.83 bits per heavy atom. The molecule has 2 N–H and O–H groups in total. The summed E-state index contributed by atoms with van der Waals surface area (Å²) < 4.78 is 13.3. The first-order chi connectivity index (χ1) is 16.8. The van der Waals surface area contributed by atoms with E-state index in [0.29, 0.717) is 52.7 Å². The molecule has 10 heteroatoms. The second-order valence-electron chi connectivity index (χ2n) is 9.22. The lowest BCUT2D eigenvalue weighted by molar-refractivity contribution is -0.128. The molecule has 5 rings (SSSR count). The highest BCUT2D eigenvalue weighted by molar-refractivity contribution is 6.42. The number of aliphatic hydroxyl groups is 1. The average molecular weight is 518 g/mol. The summed E-state index contributed by atoms with van der Waals surface area (Å²) >= 11 is 12.2. The molecule has 1 unspecified atom stereocenters. The maximum atomic E-state index is 13.3. The van der Waals surface area contributed by atoms with E-state index in [4.69, 9.17) is 23.2 Å². The predicted molar refractivity (Wildman–Crippen MR) is 134 cm³/mol. The maximum absolute atomic E-state index is 13.3. The lowest BCUT2D eigenvalue weighted by atomic mass is 9.84. The summed E-state index contributed by atoms with van der Waals surface area (Å²) in [4.78, 5) is 25.6. The quantitative estimate of drug-likeness (QED) is 0.530. The number of carbonyl (C=O) groups is 1. The highest BCUT2D eigenvalue weighted by Crippen LogP contribution is 2.34. The molecule has 184 valence electrons. The summed E-state index contributed by atoms with van der Waals surface area (Å²) in [5.41, 5.74) is 0.472. The summed E-state index contributed by atoms with van der Waals surface area (Å²) in [7, 11) is 0. The standard InChI is InChI=1S/C25H26Cl2FN5O2/c26-20-11-19-22(12-21(20)27)30-15-31-24(19)29-13-23(34)33-8-5-18(14-33)32-9-6-25(35,7-10-32)16-1-3-17(28)4-2-16/h1-4,11-12,15,18,35H,5-10,13-14H2,(H,29,30,31). The largest absolute Gasteiger partial charge is 0.385 e. The smallest absolute Gasteiger partial charge is 0.241 e. The van der Waals surface area contributed by atoms with Gasteiger partial charge in [0.2, 0.25) is 5.91 Å². The molecule has 7 nitrogen and oxygen atoms in total. The van der Waals surface area contributed by atoms with Crippen LogP contribution >= 0.6 is 23.2 Å². The Hall–Kier alpha value is -2.52. The second-order valence-corrected chi connectivity index (χ2v) is 10.0. The van der Waals surface area contributed by atoms with Crippen LogP contribution in [0.3, 0.4) is 0 Å². The topological polar surface area (TPSA) is 81.6 Å². The number of amides is 1. The number of hydrogen-bond acceptors (Lipinski definition) is 6. The Morgan fingerprint density at radius 3 is 2.57 bits per heavy atom. The first kappa shape index (κ1) is 24.2. The molecule has 0 spiro atoms. The number of aromatic nitrogens is 2. The lowest BCUT2D eigenvalue weighted by Gasteiger charge is -2.41. The molecule has 0 radical (unpaired) electrons. The minimum absolute atomic E-state index is 0.000788. The predicted octanol–water partition coefficient (Wildman–Crippen LogP) is 4.07. The lowest BCUT2D eigenvalue weighted by Crippen LogP contribution is -2.48. The van der Waals surface area contributed by atoms with Gasteiger partial charge in [0.25, 0.3) is 0 Å². The number of piperidine rings is 1. The maximum Gasteiger partial charge on any atom is 0.241 e. The summed E-state index contributed by atoms with van der Waals surface area (Å²) in [5, 5.41) is 15.7. The van der Waals surface area contributed by atoms with Crippen LogP contribution in [0.15, 0.2) is 42.7 Å². The third-order valence-electron chi connectivity index (χ3n) is 7.12. The zero-order valence-corrected chi connectivity index (χ0v) is 20.6. The Kier molecular flexibility index (Phi) is 6.81. The van der Waals surface area contributed by atoms with Crippen LogP contribution in [-0.4, -0.2) is 69.5 Å². The molecule has 2 fully saturated rings. The first-order valence-electron chi connectivity index (χ1n) is 11.7. The SMILES string of the molecule is O=C(CNc1ncnc2cc(Cl)c(Cl)cc12)N1CCC(N2CCC(O)(c3ccc(F)cc3)CC2)C1. The third-order valence-corrected chi connectivity index (χ3v) is 7.85. The Labute approximate surface area is 212 Å². The van der Waals surface area contributed by atoms with Crippen LogP contribution in [0.4, 0.5) is 10.2 Å². The number of carbonyl (C=O) groups excluding carboxylic acids is 1. The van der Waals surface area contributed by atoms with Crippen molar-refractivity contribution in [3.63, 3.8) is 0 Å². The number of benzene rings is 2. The van der Waals surface area contributed by atoms with Crippen LogP contribution in [0.5, 0.6) is 0 Å². The molecule has 1 atom stereocenters. The summed E-state index contributed by atoms with van der Waals surface area (Å²) in [6, 6.07) is 9.74. The van der Waals surface area contributed by atoms with Crippen LogP contribution in [0, 0.1) is 5.82 Å². The molecule has 2 aliphatic rings. The Balaban J connectivity index is 1.15. The van der Waals surface area contributed by atoms with Crippen LogP contribution < -0.4 is 5.32 Å².